The van der Waals surface area contributed by atoms with Crippen molar-refractivity contribution in [1.29, 1.82) is 0 Å². The van der Waals surface area contributed by atoms with E-state index >= 15 is 13.7 Å². The average Bonchev–Trinajstić information content (AvgIpc) is 1.26. The highest BCUT2D eigenvalue weighted by Crippen LogP contribution is 2.57. The Bertz CT molecular complexity index is 9700. The lowest BCUT2D eigenvalue weighted by Crippen LogP contribution is -2.33. The normalized spacial score (nSPS) is 15.6. The summed E-state index contributed by atoms with van der Waals surface area (Å²) >= 11 is 0. The monoisotopic (exact) mass is 1800 g/mol. The van der Waals surface area contributed by atoms with Gasteiger partial charge in [-0.3, -0.25) is 13.7 Å². The molecule has 0 spiro atoms. The second kappa shape index (κ2) is 30.4. The second-order valence-electron chi connectivity index (χ2n) is 36.0. The molecule has 0 N–H and O–H groups in total. The summed E-state index contributed by atoms with van der Waals surface area (Å²) in [5.41, 5.74) is 22.8. The van der Waals surface area contributed by atoms with Crippen LogP contribution in [-0.4, -0.2) is 28.7 Å². The molecule has 12 heteroatoms. The Morgan fingerprint density at radius 2 is 0.482 bits per heavy atom. The van der Waals surface area contributed by atoms with E-state index in [0.717, 1.165) is 165 Å². The molecule has 3 atom stereocenters. The molecule has 6 heterocycles. The molecule has 3 aromatic heterocycles. The minimum absolute atomic E-state index is 0.830. The molecule has 30 rings (SSSR count). The molecule has 0 saturated heterocycles. The van der Waals surface area contributed by atoms with Crippen LogP contribution in [0, 0.1) is 0 Å². The lowest BCUT2D eigenvalue weighted by atomic mass is 9.87. The predicted octanol–water partition coefficient (Wildman–Crippen LogP) is 28.1. The van der Waals surface area contributed by atoms with Crippen molar-refractivity contribution in [3.63, 3.8) is 0 Å². The van der Waals surface area contributed by atoms with Crippen LogP contribution in [0.15, 0.2) is 467 Å². The summed E-state index contributed by atoms with van der Waals surface area (Å²) in [6.45, 7) is 0. The van der Waals surface area contributed by atoms with E-state index in [2.05, 4.69) is 281 Å². The maximum absolute atomic E-state index is 16.0. The minimum Gasteiger partial charge on any atom is -0.308 e. The third-order valence-electron chi connectivity index (χ3n) is 28.9. The number of nitrogens with zero attached hydrogens (tertiary/aromatic N) is 6. The summed E-state index contributed by atoms with van der Waals surface area (Å²) in [5, 5.41) is 24.9. The largest absolute Gasteiger partial charge is 0.308 e. The predicted molar refractivity (Wildman–Crippen MR) is 573 cm³/mol. The van der Waals surface area contributed by atoms with E-state index < -0.39 is 21.4 Å². The third-order valence-corrected chi connectivity index (χ3v) is 38.2. The number of hydrogen-bond donors (Lipinski definition) is 0. The number of aromatic nitrogens is 6. The van der Waals surface area contributed by atoms with Gasteiger partial charge >= 0.3 is 0 Å². The van der Waals surface area contributed by atoms with Crippen LogP contribution in [0.1, 0.15) is 0 Å². The van der Waals surface area contributed by atoms with E-state index in [-0.39, 0.29) is 0 Å². The van der Waals surface area contributed by atoms with Gasteiger partial charge in [-0.25, -0.2) is 15.0 Å². The molecule has 0 bridgehead atoms. The van der Waals surface area contributed by atoms with Gasteiger partial charge in [-0.1, -0.05) is 388 Å². The standard InChI is InChI=1S/C45H27N2OP.C41H25N2OP.C39H25N2OP/c48-49(31-15-5-2-6-16-31)40-22-10-21-38-44(40)47(45(46-38)29-11-3-1-4-12-29)39-26-23-30(27-41(39)49)32-24-25-37-35-18-8-14-28-13-7-17-34(42(28)35)36-20-9-19-33(32)43(36)37;44-45(28-13-5-2-6-14-28)37-20-10-19-35-40(37)43(41(42-35)26-11-3-1-4-12-26)36-24-21-27(25-38(36)45)29-22-23-34-31-16-8-7-15-30(31)33-18-9-17-32(29)39(33)34;42-43(29-15-5-2-6-16-29)36-21-11-20-34-38(36)41(39(40-34)26-12-3-1-4-13-26)35-23-22-28(25-37(35)43)33-24-27-14-7-8-17-30(27)31-18-9-10-19-32(31)33/h1-27H;1-25H;1-25H. The number of imidazole rings is 3. The Kier molecular flexibility index (Phi) is 17.5. The highest BCUT2D eigenvalue weighted by Gasteiger charge is 2.45. The smallest absolute Gasteiger partial charge is 0.175 e. The Labute approximate surface area is 788 Å². The lowest BCUT2D eigenvalue weighted by Gasteiger charge is -2.30. The van der Waals surface area contributed by atoms with Crippen LogP contribution in [0.2, 0.25) is 0 Å². The molecule has 3 unspecified atom stereocenters. The number of hydrogen-bond acceptors (Lipinski definition) is 6. The Hall–Kier alpha value is -16.8. The molecule has 0 saturated carbocycles. The fourth-order valence-corrected chi connectivity index (χ4v) is 32.0. The lowest BCUT2D eigenvalue weighted by molar-refractivity contribution is 0.591. The van der Waals surface area contributed by atoms with Gasteiger partial charge in [-0.15, -0.1) is 0 Å². The maximum Gasteiger partial charge on any atom is 0.175 e. The topological polar surface area (TPSA) is 105 Å². The van der Waals surface area contributed by atoms with Crippen molar-refractivity contribution in [2.24, 2.45) is 0 Å². The molecule has 4 aliphatic rings. The first-order valence-electron chi connectivity index (χ1n) is 46.4. The minimum atomic E-state index is -3.30. The average molecular weight is 1800 g/mol. The first-order valence-corrected chi connectivity index (χ1v) is 51.6. The first kappa shape index (κ1) is 78.9. The number of benzene rings is 23. The molecular formula is C125H77N6O3P3. The molecule has 0 radical (unpaired) electrons. The van der Waals surface area contributed by atoms with Crippen molar-refractivity contribution in [2.75, 3.05) is 0 Å². The second-order valence-corrected chi connectivity index (χ2v) is 44.1. The zero-order chi connectivity index (χ0) is 90.5. The van der Waals surface area contributed by atoms with Crippen molar-refractivity contribution in [1.82, 2.24) is 28.7 Å². The van der Waals surface area contributed by atoms with Gasteiger partial charge in [0.2, 0.25) is 0 Å². The van der Waals surface area contributed by atoms with Gasteiger partial charge < -0.3 is 13.7 Å². The summed E-state index contributed by atoms with van der Waals surface area (Å²) in [4.78, 5) is 15.4. The van der Waals surface area contributed by atoms with Crippen LogP contribution < -0.4 is 47.7 Å². The van der Waals surface area contributed by atoms with Crippen molar-refractivity contribution < 1.29 is 13.7 Å². The molecular weight excluding hydrogens is 1730 g/mol. The number of fused-ring (bicyclic) bond motifs is 14. The van der Waals surface area contributed by atoms with Crippen LogP contribution in [0.5, 0.6) is 0 Å². The maximum atomic E-state index is 16.0. The molecule has 1 aliphatic carbocycles. The van der Waals surface area contributed by atoms with E-state index in [4.69, 9.17) is 15.0 Å². The van der Waals surface area contributed by atoms with Crippen molar-refractivity contribution >= 4 is 178 Å². The van der Waals surface area contributed by atoms with Crippen LogP contribution in [-0.2, 0) is 13.7 Å². The Morgan fingerprint density at radius 1 is 0.175 bits per heavy atom. The quantitative estimate of drug-likeness (QED) is 0.0810. The molecule has 640 valence electrons. The first-order chi connectivity index (χ1) is 67.6. The molecule has 0 fully saturated rings. The molecule has 0 amide bonds. The zero-order valence-corrected chi connectivity index (χ0v) is 76.4. The summed E-state index contributed by atoms with van der Waals surface area (Å²) in [6, 6.07) is 162. The van der Waals surface area contributed by atoms with Gasteiger partial charge in [-0.2, -0.15) is 0 Å². The van der Waals surface area contributed by atoms with E-state index in [1.165, 1.54) is 97.7 Å². The third kappa shape index (κ3) is 11.5. The van der Waals surface area contributed by atoms with Crippen LogP contribution in [0.3, 0.4) is 0 Å². The molecule has 26 aromatic rings. The molecule has 3 aliphatic heterocycles. The van der Waals surface area contributed by atoms with E-state index in [0.29, 0.717) is 0 Å². The van der Waals surface area contributed by atoms with Gasteiger partial charge in [0.05, 0.1) is 50.2 Å². The summed E-state index contributed by atoms with van der Waals surface area (Å²) in [5.74, 6) is 2.56. The van der Waals surface area contributed by atoms with Gasteiger partial charge in [-0.05, 0) is 210 Å². The van der Waals surface area contributed by atoms with E-state index in [1.54, 1.807) is 0 Å². The number of para-hydroxylation sites is 3. The van der Waals surface area contributed by atoms with Gasteiger partial charge in [0.15, 0.2) is 21.4 Å². The van der Waals surface area contributed by atoms with Crippen LogP contribution in [0.4, 0.5) is 0 Å². The summed E-state index contributed by atoms with van der Waals surface area (Å²) < 4.78 is 54.4. The Balaban J connectivity index is 0.000000102. The fourth-order valence-electron chi connectivity index (χ4n) is 22.9. The highest BCUT2D eigenvalue weighted by atomic mass is 31.2. The Morgan fingerprint density at radius 3 is 0.934 bits per heavy atom. The molecule has 23 aromatic carbocycles. The number of rotatable bonds is 9. The van der Waals surface area contributed by atoms with Crippen molar-refractivity contribution in [3.05, 3.63) is 467 Å². The summed E-state index contributed by atoms with van der Waals surface area (Å²) in [6.07, 6.45) is 0. The van der Waals surface area contributed by atoms with Crippen molar-refractivity contribution in [2.45, 2.75) is 0 Å². The van der Waals surface area contributed by atoms with E-state index in [9.17, 15) is 0 Å². The SMILES string of the molecule is O=P1(c2ccccc2)c2cc(-c3cc4ccccc4c4ccccc34)ccc2-n2c(-c3ccccc3)nc3cccc1c32.O=P1(c2ccccc2)c2cc(-c3ccc4c5c(cccc35)-c3ccccc3-4)ccc2-n2c(-c3ccccc3)nc3cccc1c32.O=P1(c2ccccc2)c2cc(-c3ccc4c5cccc6cccc(c7cccc3c74)c65)ccc2-n2c(-c3ccccc3)nc3cccc1c32. The van der Waals surface area contributed by atoms with Gasteiger partial charge in [0.25, 0.3) is 0 Å². The molecule has 9 nitrogen and oxygen atoms in total. The van der Waals surface area contributed by atoms with Gasteiger partial charge in [0, 0.05) is 64.4 Å². The van der Waals surface area contributed by atoms with Gasteiger partial charge in [0.1, 0.15) is 17.5 Å². The van der Waals surface area contributed by atoms with Crippen molar-refractivity contribution in [3.8, 4) is 107 Å². The highest BCUT2D eigenvalue weighted by molar-refractivity contribution is 7.87. The van der Waals surface area contributed by atoms with Crippen LogP contribution >= 0.6 is 21.4 Å². The summed E-state index contributed by atoms with van der Waals surface area (Å²) in [7, 11) is -9.82. The van der Waals surface area contributed by atoms with Crippen LogP contribution in [0.25, 0.3) is 215 Å². The van der Waals surface area contributed by atoms with E-state index in [1.807, 2.05) is 200 Å². The zero-order valence-electron chi connectivity index (χ0n) is 73.7. The fraction of sp³-hybridized carbons (Fsp3) is 0. The molecule has 137 heavy (non-hydrogen) atoms.